The van der Waals surface area contributed by atoms with Crippen molar-refractivity contribution < 1.29 is 9.59 Å². The van der Waals surface area contributed by atoms with Gasteiger partial charge in [0.25, 0.3) is 5.91 Å². The van der Waals surface area contributed by atoms with Gasteiger partial charge < -0.3 is 15.1 Å². The Bertz CT molecular complexity index is 520. The van der Waals surface area contributed by atoms with E-state index in [0.29, 0.717) is 13.1 Å². The summed E-state index contributed by atoms with van der Waals surface area (Å²) >= 11 is 0. The van der Waals surface area contributed by atoms with E-state index in [-0.39, 0.29) is 18.0 Å². The van der Waals surface area contributed by atoms with Crippen molar-refractivity contribution in [1.29, 1.82) is 0 Å². The van der Waals surface area contributed by atoms with Crippen LogP contribution in [0.2, 0.25) is 0 Å². The van der Waals surface area contributed by atoms with Crippen molar-refractivity contribution in [2.75, 3.05) is 27.2 Å². The molecule has 0 bridgehead atoms. The van der Waals surface area contributed by atoms with Crippen molar-refractivity contribution >= 4 is 11.9 Å². The highest BCUT2D eigenvalue weighted by Gasteiger charge is 2.24. The third kappa shape index (κ3) is 3.97. The fourth-order valence-corrected chi connectivity index (χ4v) is 2.49. The highest BCUT2D eigenvalue weighted by molar-refractivity contribution is 5.94. The lowest BCUT2D eigenvalue weighted by molar-refractivity contribution is 0.0707. The molecule has 0 aromatic heterocycles. The maximum absolute atomic E-state index is 12.4. The number of aryl methyl sites for hydroxylation is 1. The summed E-state index contributed by atoms with van der Waals surface area (Å²) in [7, 11) is 3.46. The number of benzene rings is 1. The van der Waals surface area contributed by atoms with Gasteiger partial charge in [-0.25, -0.2) is 4.79 Å². The van der Waals surface area contributed by atoms with Crippen LogP contribution in [0.25, 0.3) is 0 Å². The Labute approximate surface area is 125 Å². The summed E-state index contributed by atoms with van der Waals surface area (Å²) in [6.45, 7) is 3.36. The summed E-state index contributed by atoms with van der Waals surface area (Å²) in [4.78, 5) is 27.4. The van der Waals surface area contributed by atoms with Crippen molar-refractivity contribution in [2.24, 2.45) is 0 Å². The molecule has 5 heteroatoms. The van der Waals surface area contributed by atoms with Gasteiger partial charge in [-0.2, -0.15) is 0 Å². The maximum Gasteiger partial charge on any atom is 0.317 e. The molecule has 0 spiro atoms. The fourth-order valence-electron chi connectivity index (χ4n) is 2.49. The first-order chi connectivity index (χ1) is 9.97. The zero-order valence-electron chi connectivity index (χ0n) is 12.9. The molecule has 3 amide bonds. The molecule has 2 rings (SSSR count). The summed E-state index contributed by atoms with van der Waals surface area (Å²) in [6, 6.07) is 7.75. The molecule has 5 nitrogen and oxygen atoms in total. The zero-order valence-corrected chi connectivity index (χ0v) is 12.9. The normalized spacial score (nSPS) is 15.7. The van der Waals surface area contributed by atoms with E-state index in [1.807, 2.05) is 36.1 Å². The SMILES string of the molecule is Cc1cccc(C(=O)N2CCC(NC(=O)N(C)C)CC2)c1. The van der Waals surface area contributed by atoms with Gasteiger partial charge in [-0.3, -0.25) is 4.79 Å². The molecule has 114 valence electrons. The van der Waals surface area contributed by atoms with E-state index in [1.165, 1.54) is 4.90 Å². The number of hydrogen-bond acceptors (Lipinski definition) is 2. The predicted molar refractivity (Wildman–Crippen MR) is 82.3 cm³/mol. The van der Waals surface area contributed by atoms with Crippen LogP contribution in [0.4, 0.5) is 4.79 Å². The summed E-state index contributed by atoms with van der Waals surface area (Å²) in [5.74, 6) is 0.0797. The topological polar surface area (TPSA) is 52.7 Å². The first-order valence-corrected chi connectivity index (χ1v) is 7.31. The molecular weight excluding hydrogens is 266 g/mol. The Hall–Kier alpha value is -2.04. The molecule has 0 aliphatic carbocycles. The highest BCUT2D eigenvalue weighted by Crippen LogP contribution is 2.15. The van der Waals surface area contributed by atoms with Gasteiger partial charge in [-0.05, 0) is 31.9 Å². The Kier molecular flexibility index (Phi) is 4.83. The lowest BCUT2D eigenvalue weighted by Crippen LogP contribution is -2.48. The van der Waals surface area contributed by atoms with Crippen molar-refractivity contribution in [3.05, 3.63) is 35.4 Å². The third-order valence-corrected chi connectivity index (χ3v) is 3.78. The van der Waals surface area contributed by atoms with E-state index in [0.717, 1.165) is 24.0 Å². The van der Waals surface area contributed by atoms with Gasteiger partial charge in [0.1, 0.15) is 0 Å². The van der Waals surface area contributed by atoms with Crippen LogP contribution in [0.1, 0.15) is 28.8 Å². The Morgan fingerprint density at radius 2 is 1.90 bits per heavy atom. The van der Waals surface area contributed by atoms with Crippen molar-refractivity contribution in [1.82, 2.24) is 15.1 Å². The number of likely N-dealkylation sites (tertiary alicyclic amines) is 1. The molecular formula is C16H23N3O2. The van der Waals surface area contributed by atoms with E-state index < -0.39 is 0 Å². The maximum atomic E-state index is 12.4. The van der Waals surface area contributed by atoms with Crippen LogP contribution in [0.3, 0.4) is 0 Å². The molecule has 21 heavy (non-hydrogen) atoms. The number of carbonyl (C=O) groups excluding carboxylic acids is 2. The second-order valence-corrected chi connectivity index (χ2v) is 5.78. The van der Waals surface area contributed by atoms with Gasteiger partial charge in [-0.15, -0.1) is 0 Å². The average molecular weight is 289 g/mol. The minimum absolute atomic E-state index is 0.0709. The molecule has 1 fully saturated rings. The van der Waals surface area contributed by atoms with E-state index in [2.05, 4.69) is 5.32 Å². The molecule has 0 unspecified atom stereocenters. The van der Waals surface area contributed by atoms with Crippen LogP contribution in [0, 0.1) is 6.92 Å². The smallest absolute Gasteiger partial charge is 0.317 e. The Morgan fingerprint density at radius 1 is 1.24 bits per heavy atom. The molecule has 1 aromatic carbocycles. The molecule has 0 radical (unpaired) electrons. The molecule has 1 aromatic rings. The van der Waals surface area contributed by atoms with Crippen molar-refractivity contribution in [2.45, 2.75) is 25.8 Å². The van der Waals surface area contributed by atoms with E-state index in [4.69, 9.17) is 0 Å². The standard InChI is InChI=1S/C16H23N3O2/c1-12-5-4-6-13(11-12)15(20)19-9-7-14(8-10-19)17-16(21)18(2)3/h4-6,11,14H,7-10H2,1-3H3,(H,17,21). The fraction of sp³-hybridized carbons (Fsp3) is 0.500. The largest absolute Gasteiger partial charge is 0.338 e. The first-order valence-electron chi connectivity index (χ1n) is 7.31. The highest BCUT2D eigenvalue weighted by atomic mass is 16.2. The summed E-state index contributed by atoms with van der Waals surface area (Å²) in [5, 5.41) is 2.98. The van der Waals surface area contributed by atoms with Crippen molar-refractivity contribution in [3.8, 4) is 0 Å². The Balaban J connectivity index is 1.89. The average Bonchev–Trinajstić information content (AvgIpc) is 2.47. The molecule has 0 saturated carbocycles. The number of rotatable bonds is 2. The van der Waals surface area contributed by atoms with E-state index in [9.17, 15) is 9.59 Å². The summed E-state index contributed by atoms with van der Waals surface area (Å²) in [5.41, 5.74) is 1.83. The van der Waals surface area contributed by atoms with E-state index in [1.54, 1.807) is 14.1 Å². The summed E-state index contributed by atoms with van der Waals surface area (Å²) < 4.78 is 0. The predicted octanol–water partition coefficient (Wildman–Crippen LogP) is 1.87. The van der Waals surface area contributed by atoms with Gasteiger partial charge in [-0.1, -0.05) is 17.7 Å². The van der Waals surface area contributed by atoms with Crippen LogP contribution in [-0.2, 0) is 0 Å². The van der Waals surface area contributed by atoms with Crippen LogP contribution in [0.5, 0.6) is 0 Å². The van der Waals surface area contributed by atoms with Gasteiger partial charge in [0.05, 0.1) is 0 Å². The van der Waals surface area contributed by atoms with Gasteiger partial charge in [0.15, 0.2) is 0 Å². The molecule has 0 atom stereocenters. The monoisotopic (exact) mass is 289 g/mol. The minimum Gasteiger partial charge on any atom is -0.338 e. The summed E-state index contributed by atoms with van der Waals surface area (Å²) in [6.07, 6.45) is 1.61. The number of nitrogens with one attached hydrogen (secondary N) is 1. The van der Waals surface area contributed by atoms with E-state index >= 15 is 0 Å². The van der Waals surface area contributed by atoms with Gasteiger partial charge >= 0.3 is 6.03 Å². The molecule has 1 heterocycles. The van der Waals surface area contributed by atoms with Gasteiger partial charge in [0, 0.05) is 38.8 Å². The van der Waals surface area contributed by atoms with Crippen LogP contribution in [-0.4, -0.2) is 55.0 Å². The molecule has 1 N–H and O–H groups in total. The molecule has 1 aliphatic rings. The quantitative estimate of drug-likeness (QED) is 0.903. The number of piperidine rings is 1. The number of carbonyl (C=O) groups is 2. The Morgan fingerprint density at radius 3 is 2.48 bits per heavy atom. The van der Waals surface area contributed by atoms with Crippen LogP contribution >= 0.6 is 0 Å². The minimum atomic E-state index is -0.0709. The lowest BCUT2D eigenvalue weighted by Gasteiger charge is -2.33. The van der Waals surface area contributed by atoms with Crippen LogP contribution in [0.15, 0.2) is 24.3 Å². The lowest BCUT2D eigenvalue weighted by atomic mass is 10.0. The second-order valence-electron chi connectivity index (χ2n) is 5.78. The number of amides is 3. The third-order valence-electron chi connectivity index (χ3n) is 3.78. The second kappa shape index (κ2) is 6.61. The number of urea groups is 1. The van der Waals surface area contributed by atoms with Gasteiger partial charge in [0.2, 0.25) is 0 Å². The first kappa shape index (κ1) is 15.4. The number of hydrogen-bond donors (Lipinski definition) is 1. The molecule has 1 aliphatic heterocycles. The zero-order chi connectivity index (χ0) is 15.4. The number of nitrogens with zero attached hydrogens (tertiary/aromatic N) is 2. The van der Waals surface area contributed by atoms with Crippen molar-refractivity contribution in [3.63, 3.8) is 0 Å². The van der Waals surface area contributed by atoms with Crippen LogP contribution < -0.4 is 5.32 Å². The molecule has 1 saturated heterocycles.